The van der Waals surface area contributed by atoms with Gasteiger partial charge in [-0.2, -0.15) is 0 Å². The fraction of sp³-hybridized carbons (Fsp3) is 0.429. The predicted octanol–water partition coefficient (Wildman–Crippen LogP) is 3.00. The second kappa shape index (κ2) is 7.93. The first-order valence-electron chi connectivity index (χ1n) is 5.93. The molecule has 0 heterocycles. The minimum Gasteiger partial charge on any atom is -0.465 e. The summed E-state index contributed by atoms with van der Waals surface area (Å²) in [6.07, 6.45) is 1.08. The highest BCUT2D eigenvalue weighted by Crippen LogP contribution is 2.21. The minimum atomic E-state index is -0.230. The lowest BCUT2D eigenvalue weighted by molar-refractivity contribution is -0.140. The van der Waals surface area contributed by atoms with Gasteiger partial charge in [0, 0.05) is 11.3 Å². The van der Waals surface area contributed by atoms with Gasteiger partial charge in [0.25, 0.3) is 0 Å². The van der Waals surface area contributed by atoms with Crippen LogP contribution in [0.5, 0.6) is 0 Å². The van der Waals surface area contributed by atoms with E-state index in [0.29, 0.717) is 25.2 Å². The molecule has 1 aromatic rings. The van der Waals surface area contributed by atoms with Crippen LogP contribution in [0.2, 0.25) is 0 Å². The highest BCUT2D eigenvalue weighted by atomic mass is 32.2. The number of esters is 1. The largest absolute Gasteiger partial charge is 0.465 e. The summed E-state index contributed by atoms with van der Waals surface area (Å²) in [5.41, 5.74) is 1.16. The number of hydrogen-bond acceptors (Lipinski definition) is 4. The second-order valence-electron chi connectivity index (χ2n) is 4.08. The molecule has 4 heteroatoms. The van der Waals surface area contributed by atoms with Crippen molar-refractivity contribution in [2.45, 2.75) is 31.6 Å². The average molecular weight is 266 g/mol. The van der Waals surface area contributed by atoms with Crippen LogP contribution in [0.3, 0.4) is 0 Å². The van der Waals surface area contributed by atoms with Crippen LogP contribution in [-0.4, -0.2) is 24.1 Å². The molecule has 0 radical (unpaired) electrons. The Balaban J connectivity index is 2.21. The molecule has 18 heavy (non-hydrogen) atoms. The molecule has 0 bridgehead atoms. The number of aryl methyl sites for hydroxylation is 1. The third-order valence-corrected chi connectivity index (χ3v) is 3.52. The van der Waals surface area contributed by atoms with Crippen LogP contribution < -0.4 is 0 Å². The van der Waals surface area contributed by atoms with Crippen molar-refractivity contribution < 1.29 is 14.3 Å². The first-order chi connectivity index (χ1) is 8.59. The molecule has 3 nitrogen and oxygen atoms in total. The van der Waals surface area contributed by atoms with E-state index in [9.17, 15) is 9.59 Å². The molecule has 0 aromatic heterocycles. The molecular weight excluding hydrogens is 248 g/mol. The number of rotatable bonds is 7. The molecule has 0 aliphatic heterocycles. The van der Waals surface area contributed by atoms with Crippen LogP contribution in [0.1, 0.15) is 25.3 Å². The van der Waals surface area contributed by atoms with Crippen molar-refractivity contribution in [2.75, 3.05) is 12.4 Å². The summed E-state index contributed by atoms with van der Waals surface area (Å²) in [7, 11) is 0. The Labute approximate surface area is 112 Å². The molecule has 98 valence electrons. The van der Waals surface area contributed by atoms with E-state index < -0.39 is 0 Å². The lowest BCUT2D eigenvalue weighted by Crippen LogP contribution is -2.09. The molecule has 1 rings (SSSR count). The maximum Gasteiger partial charge on any atom is 0.316 e. The fourth-order valence-electron chi connectivity index (χ4n) is 1.40. The monoisotopic (exact) mass is 266 g/mol. The molecule has 0 saturated heterocycles. The second-order valence-corrected chi connectivity index (χ2v) is 5.10. The Morgan fingerprint density at radius 3 is 2.67 bits per heavy atom. The SMILES string of the molecule is CC(=O)CCCOC(=O)CSc1ccccc1C. The van der Waals surface area contributed by atoms with Crippen LogP contribution in [0, 0.1) is 6.92 Å². The number of benzene rings is 1. The lowest BCUT2D eigenvalue weighted by atomic mass is 10.2. The molecule has 0 aliphatic rings. The summed E-state index contributed by atoms with van der Waals surface area (Å²) in [5.74, 6) is 0.206. The zero-order valence-electron chi connectivity index (χ0n) is 10.8. The van der Waals surface area contributed by atoms with Crippen molar-refractivity contribution in [3.8, 4) is 0 Å². The van der Waals surface area contributed by atoms with Crippen molar-refractivity contribution >= 4 is 23.5 Å². The Morgan fingerprint density at radius 1 is 1.28 bits per heavy atom. The maximum absolute atomic E-state index is 11.4. The summed E-state index contributed by atoms with van der Waals surface area (Å²) in [5, 5.41) is 0. The predicted molar refractivity (Wildman–Crippen MR) is 72.8 cm³/mol. The summed E-state index contributed by atoms with van der Waals surface area (Å²) >= 11 is 1.48. The van der Waals surface area contributed by atoms with Gasteiger partial charge in [0.15, 0.2) is 0 Å². The number of Topliss-reactive ketones (excluding diaryl/α,β-unsaturated/α-hetero) is 1. The molecule has 0 unspecified atom stereocenters. The first-order valence-corrected chi connectivity index (χ1v) is 6.91. The molecule has 0 N–H and O–H groups in total. The number of hydrogen-bond donors (Lipinski definition) is 0. The third-order valence-electron chi connectivity index (χ3n) is 2.38. The van der Waals surface area contributed by atoms with Crippen molar-refractivity contribution in [2.24, 2.45) is 0 Å². The molecule has 1 aromatic carbocycles. The Hall–Kier alpha value is -1.29. The van der Waals surface area contributed by atoms with E-state index in [1.54, 1.807) is 0 Å². The van der Waals surface area contributed by atoms with Gasteiger partial charge in [0.05, 0.1) is 12.4 Å². The van der Waals surface area contributed by atoms with Gasteiger partial charge in [-0.15, -0.1) is 11.8 Å². The van der Waals surface area contributed by atoms with Crippen LogP contribution in [0.25, 0.3) is 0 Å². The Bertz CT molecular complexity index is 415. The molecule has 0 atom stereocenters. The van der Waals surface area contributed by atoms with Gasteiger partial charge in [-0.25, -0.2) is 0 Å². The summed E-state index contributed by atoms with van der Waals surface area (Å²) in [6.45, 7) is 3.88. The molecular formula is C14H18O3S. The van der Waals surface area contributed by atoms with Gasteiger partial charge >= 0.3 is 5.97 Å². The van der Waals surface area contributed by atoms with Gasteiger partial charge in [-0.05, 0) is 31.9 Å². The quantitative estimate of drug-likeness (QED) is 0.432. The van der Waals surface area contributed by atoms with Crippen LogP contribution in [0.4, 0.5) is 0 Å². The Morgan fingerprint density at radius 2 is 2.00 bits per heavy atom. The molecule has 0 amide bonds. The zero-order chi connectivity index (χ0) is 13.4. The number of carbonyl (C=O) groups is 2. The molecule has 0 fully saturated rings. The van der Waals surface area contributed by atoms with Gasteiger partial charge in [0.2, 0.25) is 0 Å². The molecule has 0 saturated carbocycles. The zero-order valence-corrected chi connectivity index (χ0v) is 11.6. The van der Waals surface area contributed by atoms with E-state index in [-0.39, 0.29) is 11.8 Å². The minimum absolute atomic E-state index is 0.125. The summed E-state index contributed by atoms with van der Waals surface area (Å²) < 4.78 is 5.04. The van der Waals surface area contributed by atoms with Crippen LogP contribution in [-0.2, 0) is 14.3 Å². The maximum atomic E-state index is 11.4. The van der Waals surface area contributed by atoms with Gasteiger partial charge in [-0.3, -0.25) is 4.79 Å². The normalized spacial score (nSPS) is 10.1. The number of ketones is 1. The van der Waals surface area contributed by atoms with E-state index in [0.717, 1.165) is 10.5 Å². The standard InChI is InChI=1S/C14H18O3S/c1-11-6-3-4-8-13(11)18-10-14(16)17-9-5-7-12(2)15/h3-4,6,8H,5,7,9-10H2,1-2H3. The average Bonchev–Trinajstić information content (AvgIpc) is 2.33. The van der Waals surface area contributed by atoms with E-state index >= 15 is 0 Å². The number of thioether (sulfide) groups is 1. The van der Waals surface area contributed by atoms with Crippen LogP contribution in [0.15, 0.2) is 29.2 Å². The van der Waals surface area contributed by atoms with E-state index in [1.165, 1.54) is 18.7 Å². The van der Waals surface area contributed by atoms with Gasteiger partial charge in [0.1, 0.15) is 5.78 Å². The number of ether oxygens (including phenoxy) is 1. The van der Waals surface area contributed by atoms with E-state index in [1.807, 2.05) is 31.2 Å². The third kappa shape index (κ3) is 5.87. The van der Waals surface area contributed by atoms with E-state index in [4.69, 9.17) is 4.74 Å². The molecule has 0 spiro atoms. The summed E-state index contributed by atoms with van der Waals surface area (Å²) in [4.78, 5) is 23.2. The lowest BCUT2D eigenvalue weighted by Gasteiger charge is -2.05. The molecule has 0 aliphatic carbocycles. The van der Waals surface area contributed by atoms with E-state index in [2.05, 4.69) is 0 Å². The van der Waals surface area contributed by atoms with Crippen molar-refractivity contribution in [3.05, 3.63) is 29.8 Å². The Kier molecular flexibility index (Phi) is 6.50. The smallest absolute Gasteiger partial charge is 0.316 e. The highest BCUT2D eigenvalue weighted by molar-refractivity contribution is 8.00. The summed E-state index contributed by atoms with van der Waals surface area (Å²) in [6, 6.07) is 7.93. The van der Waals surface area contributed by atoms with Crippen molar-refractivity contribution in [1.82, 2.24) is 0 Å². The fourth-order valence-corrected chi connectivity index (χ4v) is 2.23. The van der Waals surface area contributed by atoms with Crippen molar-refractivity contribution in [1.29, 1.82) is 0 Å². The van der Waals surface area contributed by atoms with Crippen LogP contribution >= 0.6 is 11.8 Å². The first kappa shape index (κ1) is 14.8. The number of carbonyl (C=O) groups excluding carboxylic acids is 2. The topological polar surface area (TPSA) is 43.4 Å². The highest BCUT2D eigenvalue weighted by Gasteiger charge is 2.05. The van der Waals surface area contributed by atoms with Gasteiger partial charge < -0.3 is 9.53 Å². The van der Waals surface area contributed by atoms with Gasteiger partial charge in [-0.1, -0.05) is 18.2 Å². The van der Waals surface area contributed by atoms with Crippen molar-refractivity contribution in [3.63, 3.8) is 0 Å².